The lowest BCUT2D eigenvalue weighted by atomic mass is 9.66. The number of hydrogen-bond acceptors (Lipinski definition) is 2. The summed E-state index contributed by atoms with van der Waals surface area (Å²) >= 11 is 0. The summed E-state index contributed by atoms with van der Waals surface area (Å²) < 4.78 is 0. The Morgan fingerprint density at radius 1 is 1.43 bits per heavy atom. The molecule has 3 nitrogen and oxygen atoms in total. The molecule has 80 valence electrons. The van der Waals surface area contributed by atoms with Gasteiger partial charge < -0.3 is 5.11 Å². The van der Waals surface area contributed by atoms with E-state index in [0.717, 1.165) is 6.42 Å². The first-order valence-corrected chi connectivity index (χ1v) is 5.07. The SMILES string of the molecule is CC(C)(C)C1CCC(=O)CC1C(=O)O. The lowest BCUT2D eigenvalue weighted by Gasteiger charge is -2.37. The lowest BCUT2D eigenvalue weighted by Crippen LogP contribution is -2.38. The standard InChI is InChI=1S/C11H18O3/c1-11(2,3)9-5-4-7(12)6-8(9)10(13)14/h8-9H,4-6H2,1-3H3,(H,13,14). The Morgan fingerprint density at radius 3 is 2.43 bits per heavy atom. The van der Waals surface area contributed by atoms with Gasteiger partial charge in [0.25, 0.3) is 0 Å². The zero-order chi connectivity index (χ0) is 10.9. The number of carbonyl (C=O) groups is 2. The van der Waals surface area contributed by atoms with Crippen molar-refractivity contribution in [3.8, 4) is 0 Å². The Labute approximate surface area is 84.5 Å². The van der Waals surface area contributed by atoms with Crippen molar-refractivity contribution in [1.29, 1.82) is 0 Å². The van der Waals surface area contributed by atoms with E-state index in [0.29, 0.717) is 6.42 Å². The van der Waals surface area contributed by atoms with E-state index in [4.69, 9.17) is 5.11 Å². The topological polar surface area (TPSA) is 54.4 Å². The zero-order valence-corrected chi connectivity index (χ0v) is 9.04. The second kappa shape index (κ2) is 3.71. The van der Waals surface area contributed by atoms with Gasteiger partial charge in [-0.05, 0) is 17.8 Å². The highest BCUT2D eigenvalue weighted by atomic mass is 16.4. The van der Waals surface area contributed by atoms with Crippen molar-refractivity contribution in [2.24, 2.45) is 17.3 Å². The summed E-state index contributed by atoms with van der Waals surface area (Å²) in [7, 11) is 0. The molecular weight excluding hydrogens is 180 g/mol. The molecular formula is C11H18O3. The molecule has 1 aliphatic rings. The molecule has 0 bridgehead atoms. The number of hydrogen-bond donors (Lipinski definition) is 1. The van der Waals surface area contributed by atoms with Gasteiger partial charge >= 0.3 is 5.97 Å². The minimum atomic E-state index is -0.821. The number of ketones is 1. The van der Waals surface area contributed by atoms with E-state index >= 15 is 0 Å². The number of rotatable bonds is 1. The molecule has 1 saturated carbocycles. The molecule has 0 saturated heterocycles. The molecule has 0 aromatic carbocycles. The van der Waals surface area contributed by atoms with Crippen molar-refractivity contribution in [1.82, 2.24) is 0 Å². The first-order chi connectivity index (χ1) is 6.32. The molecule has 1 fully saturated rings. The van der Waals surface area contributed by atoms with E-state index in [1.54, 1.807) is 0 Å². The van der Waals surface area contributed by atoms with Gasteiger partial charge in [-0.1, -0.05) is 20.8 Å². The molecule has 3 heteroatoms. The molecule has 1 N–H and O–H groups in total. The van der Waals surface area contributed by atoms with Gasteiger partial charge in [0.05, 0.1) is 5.92 Å². The Hall–Kier alpha value is -0.860. The average Bonchev–Trinajstić information content (AvgIpc) is 2.01. The van der Waals surface area contributed by atoms with E-state index in [9.17, 15) is 9.59 Å². The van der Waals surface area contributed by atoms with Gasteiger partial charge in [0.15, 0.2) is 0 Å². The molecule has 0 radical (unpaired) electrons. The van der Waals surface area contributed by atoms with Crippen molar-refractivity contribution in [3.63, 3.8) is 0 Å². The van der Waals surface area contributed by atoms with Crippen molar-refractivity contribution in [3.05, 3.63) is 0 Å². The van der Waals surface area contributed by atoms with Gasteiger partial charge in [-0.15, -0.1) is 0 Å². The highest BCUT2D eigenvalue weighted by molar-refractivity contribution is 5.85. The van der Waals surface area contributed by atoms with Gasteiger partial charge in [0.1, 0.15) is 5.78 Å². The van der Waals surface area contributed by atoms with Crippen LogP contribution in [-0.2, 0) is 9.59 Å². The van der Waals surface area contributed by atoms with Crippen LogP contribution in [0.15, 0.2) is 0 Å². The first kappa shape index (κ1) is 11.2. The van der Waals surface area contributed by atoms with E-state index in [2.05, 4.69) is 0 Å². The predicted octanol–water partition coefficient (Wildman–Crippen LogP) is 2.10. The molecule has 0 heterocycles. The minimum absolute atomic E-state index is 0.0241. The van der Waals surface area contributed by atoms with Crippen molar-refractivity contribution < 1.29 is 14.7 Å². The van der Waals surface area contributed by atoms with Crippen molar-refractivity contribution in [2.75, 3.05) is 0 Å². The lowest BCUT2D eigenvalue weighted by molar-refractivity contribution is -0.150. The van der Waals surface area contributed by atoms with Crippen LogP contribution in [0.3, 0.4) is 0 Å². The smallest absolute Gasteiger partial charge is 0.307 e. The van der Waals surface area contributed by atoms with Crippen LogP contribution in [0.1, 0.15) is 40.0 Å². The fourth-order valence-electron chi connectivity index (χ4n) is 2.30. The number of aliphatic carboxylic acids is 1. The monoisotopic (exact) mass is 198 g/mol. The second-order valence-corrected chi connectivity index (χ2v) is 5.20. The first-order valence-electron chi connectivity index (χ1n) is 5.07. The summed E-state index contributed by atoms with van der Waals surface area (Å²) in [5, 5.41) is 9.04. The van der Waals surface area contributed by atoms with Crippen LogP contribution in [0.2, 0.25) is 0 Å². The third-order valence-corrected chi connectivity index (χ3v) is 3.10. The van der Waals surface area contributed by atoms with Crippen LogP contribution in [-0.4, -0.2) is 16.9 Å². The van der Waals surface area contributed by atoms with Gasteiger partial charge in [-0.2, -0.15) is 0 Å². The fraction of sp³-hybridized carbons (Fsp3) is 0.818. The summed E-state index contributed by atoms with van der Waals surface area (Å²) in [6.07, 6.45) is 1.49. The highest BCUT2D eigenvalue weighted by Crippen LogP contribution is 2.40. The van der Waals surface area contributed by atoms with Crippen molar-refractivity contribution >= 4 is 11.8 Å². The summed E-state index contributed by atoms with van der Waals surface area (Å²) in [6.45, 7) is 6.14. The molecule has 0 aromatic rings. The summed E-state index contributed by atoms with van der Waals surface area (Å²) in [5.41, 5.74) is -0.0241. The summed E-state index contributed by atoms with van der Waals surface area (Å²) in [4.78, 5) is 22.2. The van der Waals surface area contributed by atoms with E-state index in [-0.39, 0.29) is 23.5 Å². The van der Waals surface area contributed by atoms with E-state index in [1.807, 2.05) is 20.8 Å². The Balaban J connectivity index is 2.83. The predicted molar refractivity (Wildman–Crippen MR) is 52.9 cm³/mol. The Morgan fingerprint density at radius 2 is 2.00 bits per heavy atom. The van der Waals surface area contributed by atoms with Crippen LogP contribution in [0.5, 0.6) is 0 Å². The summed E-state index contributed by atoms with van der Waals surface area (Å²) in [5.74, 6) is -1.08. The molecule has 2 unspecified atom stereocenters. The van der Waals surface area contributed by atoms with Gasteiger partial charge in [0.2, 0.25) is 0 Å². The largest absolute Gasteiger partial charge is 0.481 e. The number of Topliss-reactive ketones (excluding diaryl/α,β-unsaturated/α-hetero) is 1. The van der Waals surface area contributed by atoms with Crippen LogP contribution >= 0.6 is 0 Å². The molecule has 1 aliphatic carbocycles. The average molecular weight is 198 g/mol. The van der Waals surface area contributed by atoms with Gasteiger partial charge in [-0.3, -0.25) is 9.59 Å². The number of carboxylic acid groups (broad SMARTS) is 1. The number of carbonyl (C=O) groups excluding carboxylic acids is 1. The molecule has 0 spiro atoms. The fourth-order valence-corrected chi connectivity index (χ4v) is 2.30. The van der Waals surface area contributed by atoms with Crippen molar-refractivity contribution in [2.45, 2.75) is 40.0 Å². The van der Waals surface area contributed by atoms with E-state index < -0.39 is 11.9 Å². The maximum absolute atomic E-state index is 11.2. The summed E-state index contributed by atoms with van der Waals surface area (Å²) in [6, 6.07) is 0. The molecule has 0 amide bonds. The molecule has 0 aromatic heterocycles. The Kier molecular flexibility index (Phi) is 2.98. The third-order valence-electron chi connectivity index (χ3n) is 3.10. The molecule has 2 atom stereocenters. The molecule has 0 aliphatic heterocycles. The van der Waals surface area contributed by atoms with E-state index in [1.165, 1.54) is 0 Å². The quantitative estimate of drug-likeness (QED) is 0.702. The van der Waals surface area contributed by atoms with Gasteiger partial charge in [-0.25, -0.2) is 0 Å². The normalized spacial score (nSPS) is 28.9. The van der Waals surface area contributed by atoms with Crippen LogP contribution in [0, 0.1) is 17.3 Å². The van der Waals surface area contributed by atoms with Crippen LogP contribution in [0.25, 0.3) is 0 Å². The van der Waals surface area contributed by atoms with Crippen LogP contribution in [0.4, 0.5) is 0 Å². The molecule has 1 rings (SSSR count). The third kappa shape index (κ3) is 2.34. The number of carboxylic acids is 1. The Bertz CT molecular complexity index is 250. The van der Waals surface area contributed by atoms with Crippen LogP contribution < -0.4 is 0 Å². The minimum Gasteiger partial charge on any atom is -0.481 e. The maximum Gasteiger partial charge on any atom is 0.307 e. The highest BCUT2D eigenvalue weighted by Gasteiger charge is 2.40. The maximum atomic E-state index is 11.2. The zero-order valence-electron chi connectivity index (χ0n) is 9.04. The van der Waals surface area contributed by atoms with Gasteiger partial charge in [0, 0.05) is 12.8 Å². The second-order valence-electron chi connectivity index (χ2n) is 5.20. The molecule has 14 heavy (non-hydrogen) atoms.